The van der Waals surface area contributed by atoms with Crippen molar-refractivity contribution in [3.63, 3.8) is 0 Å². The van der Waals surface area contributed by atoms with Crippen LogP contribution < -0.4 is 5.56 Å². The van der Waals surface area contributed by atoms with Gasteiger partial charge in [0.1, 0.15) is 0 Å². The number of nitrogens with zero attached hydrogens (tertiary/aromatic N) is 2. The van der Waals surface area contributed by atoms with Crippen LogP contribution >= 0.6 is 0 Å². The van der Waals surface area contributed by atoms with Crippen LogP contribution in [-0.2, 0) is 0 Å². The number of nitrogens with one attached hydrogen (secondary N) is 1. The molecule has 2 N–H and O–H groups in total. The van der Waals surface area contributed by atoms with Crippen LogP contribution in [0, 0.1) is 0 Å². The van der Waals surface area contributed by atoms with Crippen LogP contribution in [-0.4, -0.2) is 21.3 Å². The summed E-state index contributed by atoms with van der Waals surface area (Å²) in [5.74, 6) is 0.303. The van der Waals surface area contributed by atoms with Crippen molar-refractivity contribution in [2.45, 2.75) is 0 Å². The Balaban J connectivity index is 1.69. The van der Waals surface area contributed by atoms with E-state index < -0.39 is 0 Å². The number of fused-ring (bicyclic) bond motifs is 1. The molecule has 0 saturated heterocycles. The normalized spacial score (nSPS) is 11.2. The van der Waals surface area contributed by atoms with Crippen LogP contribution in [0.3, 0.4) is 0 Å². The lowest BCUT2D eigenvalue weighted by Crippen LogP contribution is -2.07. The van der Waals surface area contributed by atoms with Crippen molar-refractivity contribution < 1.29 is 5.11 Å². The predicted molar refractivity (Wildman–Crippen MR) is 103 cm³/mol. The summed E-state index contributed by atoms with van der Waals surface area (Å²) in [5, 5.41) is 11.2. The van der Waals surface area contributed by atoms with Gasteiger partial charge in [-0.25, -0.2) is 9.98 Å². The van der Waals surface area contributed by atoms with Gasteiger partial charge in [-0.2, -0.15) is 0 Å². The SMILES string of the molecule is O=c1[nH]c(O)c(C=Nc2ccc(-c3ccccc3)cn2)c2ccccc12. The number of hydrogen-bond donors (Lipinski definition) is 2. The molecule has 0 radical (unpaired) electrons. The summed E-state index contributed by atoms with van der Waals surface area (Å²) in [6.07, 6.45) is 3.27. The van der Waals surface area contributed by atoms with Gasteiger partial charge in [0.15, 0.2) is 5.82 Å². The van der Waals surface area contributed by atoms with Gasteiger partial charge in [-0.05, 0) is 23.8 Å². The number of aromatic hydroxyl groups is 1. The van der Waals surface area contributed by atoms with Gasteiger partial charge in [-0.3, -0.25) is 9.78 Å². The Morgan fingerprint density at radius 2 is 1.62 bits per heavy atom. The molecule has 0 fully saturated rings. The quantitative estimate of drug-likeness (QED) is 0.552. The molecule has 0 atom stereocenters. The average molecular weight is 341 g/mol. The number of rotatable bonds is 3. The van der Waals surface area contributed by atoms with Crippen molar-refractivity contribution in [3.05, 3.63) is 88.8 Å². The molecule has 26 heavy (non-hydrogen) atoms. The first kappa shape index (κ1) is 15.8. The Morgan fingerprint density at radius 1 is 0.885 bits per heavy atom. The molecule has 0 unspecified atom stereocenters. The number of benzene rings is 2. The Morgan fingerprint density at radius 3 is 2.35 bits per heavy atom. The van der Waals surface area contributed by atoms with Crippen LogP contribution in [0.25, 0.3) is 21.9 Å². The van der Waals surface area contributed by atoms with E-state index in [-0.39, 0.29) is 11.4 Å². The zero-order valence-electron chi connectivity index (χ0n) is 13.8. The summed E-state index contributed by atoms with van der Waals surface area (Å²) in [6, 6.07) is 20.8. The summed E-state index contributed by atoms with van der Waals surface area (Å²) >= 11 is 0. The van der Waals surface area contributed by atoms with Gasteiger partial charge < -0.3 is 5.11 Å². The molecule has 2 aromatic carbocycles. The van der Waals surface area contributed by atoms with Crippen molar-refractivity contribution >= 4 is 22.8 Å². The lowest BCUT2D eigenvalue weighted by molar-refractivity contribution is 0.452. The number of hydrogen-bond acceptors (Lipinski definition) is 4. The second kappa shape index (κ2) is 6.64. The number of H-pyrrole nitrogens is 1. The summed E-state index contributed by atoms with van der Waals surface area (Å²) in [4.78, 5) is 23.0. The second-order valence-corrected chi connectivity index (χ2v) is 5.79. The molecule has 0 aliphatic carbocycles. The van der Waals surface area contributed by atoms with Crippen LogP contribution in [0.2, 0.25) is 0 Å². The Labute approximate surface area is 149 Å². The van der Waals surface area contributed by atoms with Gasteiger partial charge in [0.2, 0.25) is 5.88 Å². The van der Waals surface area contributed by atoms with Crippen molar-refractivity contribution in [2.24, 2.45) is 4.99 Å². The summed E-state index contributed by atoms with van der Waals surface area (Å²) < 4.78 is 0. The van der Waals surface area contributed by atoms with E-state index in [0.717, 1.165) is 11.1 Å². The van der Waals surface area contributed by atoms with E-state index in [1.54, 1.807) is 24.4 Å². The molecular formula is C21H15N3O2. The number of aromatic nitrogens is 2. The van der Waals surface area contributed by atoms with Crippen molar-refractivity contribution in [3.8, 4) is 17.0 Å². The highest BCUT2D eigenvalue weighted by atomic mass is 16.3. The van der Waals surface area contributed by atoms with Crippen LogP contribution in [0.15, 0.2) is 82.7 Å². The van der Waals surface area contributed by atoms with Gasteiger partial charge in [-0.1, -0.05) is 48.5 Å². The van der Waals surface area contributed by atoms with Crippen LogP contribution in [0.4, 0.5) is 5.82 Å². The molecule has 5 heteroatoms. The molecule has 2 heterocycles. The third-order valence-corrected chi connectivity index (χ3v) is 4.13. The lowest BCUT2D eigenvalue weighted by atomic mass is 10.1. The highest BCUT2D eigenvalue weighted by molar-refractivity contribution is 6.01. The van der Waals surface area contributed by atoms with Crippen molar-refractivity contribution in [1.29, 1.82) is 0 Å². The standard InChI is InChI=1S/C21H15N3O2/c25-20-17-9-5-4-8-16(17)18(21(26)24-20)13-23-19-11-10-15(12-22-19)14-6-2-1-3-7-14/h1-13H,(H2,24,25,26). The maximum absolute atomic E-state index is 11.9. The molecule has 0 saturated carbocycles. The van der Waals surface area contributed by atoms with Gasteiger partial charge in [0.05, 0.1) is 5.56 Å². The smallest absolute Gasteiger partial charge is 0.258 e. The summed E-state index contributed by atoms with van der Waals surface area (Å²) in [7, 11) is 0. The molecule has 5 nitrogen and oxygen atoms in total. The van der Waals surface area contributed by atoms with Crippen molar-refractivity contribution in [2.75, 3.05) is 0 Å². The zero-order valence-corrected chi connectivity index (χ0v) is 13.8. The van der Waals surface area contributed by atoms with E-state index in [9.17, 15) is 9.90 Å². The maximum Gasteiger partial charge on any atom is 0.258 e. The van der Waals surface area contributed by atoms with E-state index in [1.165, 1.54) is 6.21 Å². The molecule has 0 aliphatic heterocycles. The largest absolute Gasteiger partial charge is 0.494 e. The highest BCUT2D eigenvalue weighted by Crippen LogP contribution is 2.22. The molecule has 0 aliphatic rings. The van der Waals surface area contributed by atoms with Crippen molar-refractivity contribution in [1.82, 2.24) is 9.97 Å². The van der Waals surface area contributed by atoms with Gasteiger partial charge >= 0.3 is 0 Å². The van der Waals surface area contributed by atoms with Gasteiger partial charge in [0, 0.05) is 28.7 Å². The minimum Gasteiger partial charge on any atom is -0.494 e. The molecule has 0 bridgehead atoms. The third-order valence-electron chi connectivity index (χ3n) is 4.13. The average Bonchev–Trinajstić information content (AvgIpc) is 2.69. The molecular weight excluding hydrogens is 326 g/mol. The Hall–Kier alpha value is -3.73. The third kappa shape index (κ3) is 2.98. The topological polar surface area (TPSA) is 78.3 Å². The van der Waals surface area contributed by atoms with Gasteiger partial charge in [-0.15, -0.1) is 0 Å². The zero-order chi connectivity index (χ0) is 17.9. The first-order valence-electron chi connectivity index (χ1n) is 8.12. The van der Waals surface area contributed by atoms with Crippen LogP contribution in [0.1, 0.15) is 5.56 Å². The van der Waals surface area contributed by atoms with E-state index in [4.69, 9.17) is 0 Å². The first-order chi connectivity index (χ1) is 12.7. The van der Waals surface area contributed by atoms with Crippen LogP contribution in [0.5, 0.6) is 5.88 Å². The summed E-state index contributed by atoms with van der Waals surface area (Å²) in [6.45, 7) is 0. The number of pyridine rings is 2. The van der Waals surface area contributed by atoms with E-state index >= 15 is 0 Å². The Bertz CT molecular complexity index is 1150. The predicted octanol–water partition coefficient (Wildman–Crippen LogP) is 4.05. The fraction of sp³-hybridized carbons (Fsp3) is 0. The maximum atomic E-state index is 11.9. The second-order valence-electron chi connectivity index (χ2n) is 5.79. The summed E-state index contributed by atoms with van der Waals surface area (Å²) in [5.41, 5.74) is 2.21. The highest BCUT2D eigenvalue weighted by Gasteiger charge is 2.08. The van der Waals surface area contributed by atoms with E-state index in [0.29, 0.717) is 22.2 Å². The molecule has 4 aromatic rings. The van der Waals surface area contributed by atoms with E-state index in [2.05, 4.69) is 15.0 Å². The number of aromatic amines is 1. The first-order valence-corrected chi connectivity index (χ1v) is 8.12. The monoisotopic (exact) mass is 341 g/mol. The molecule has 0 spiro atoms. The minimum absolute atomic E-state index is 0.210. The molecule has 4 rings (SSSR count). The fourth-order valence-electron chi connectivity index (χ4n) is 2.81. The fourth-order valence-corrected chi connectivity index (χ4v) is 2.81. The molecule has 126 valence electrons. The molecule has 2 aromatic heterocycles. The van der Waals surface area contributed by atoms with Gasteiger partial charge in [0.25, 0.3) is 5.56 Å². The Kier molecular flexibility index (Phi) is 4.03. The number of aliphatic imine (C=N–C) groups is 1. The minimum atomic E-state index is -0.333. The lowest BCUT2D eigenvalue weighted by Gasteiger charge is -2.04. The molecule has 0 amide bonds. The van der Waals surface area contributed by atoms with E-state index in [1.807, 2.05) is 48.5 Å².